The van der Waals surface area contributed by atoms with Crippen LogP contribution in [0.1, 0.15) is 37.6 Å². The normalized spacial score (nSPS) is 23.6. The summed E-state index contributed by atoms with van der Waals surface area (Å²) in [7, 11) is 0. The average Bonchev–Trinajstić information content (AvgIpc) is 2.41. The number of benzene rings is 1. The van der Waals surface area contributed by atoms with E-state index in [1.807, 2.05) is 30.3 Å². The SMILES string of the molecule is CC(C)[C@H]1C=CC[C@@H](C)N1NC(=O)c1ccccc1. The van der Waals surface area contributed by atoms with Crippen molar-refractivity contribution >= 4 is 5.91 Å². The first-order chi connectivity index (χ1) is 9.09. The lowest BCUT2D eigenvalue weighted by Crippen LogP contribution is -2.55. The third-order valence-corrected chi connectivity index (χ3v) is 3.56. The highest BCUT2D eigenvalue weighted by molar-refractivity contribution is 5.93. The molecular formula is C16H22N2O. The van der Waals surface area contributed by atoms with E-state index in [1.54, 1.807) is 0 Å². The van der Waals surface area contributed by atoms with E-state index in [1.165, 1.54) is 0 Å². The summed E-state index contributed by atoms with van der Waals surface area (Å²) in [6, 6.07) is 9.94. The van der Waals surface area contributed by atoms with Crippen molar-refractivity contribution in [2.45, 2.75) is 39.3 Å². The van der Waals surface area contributed by atoms with Gasteiger partial charge in [-0.3, -0.25) is 10.2 Å². The third kappa shape index (κ3) is 3.24. The Morgan fingerprint density at radius 1 is 1.32 bits per heavy atom. The van der Waals surface area contributed by atoms with Gasteiger partial charge in [-0.2, -0.15) is 0 Å². The van der Waals surface area contributed by atoms with Crippen LogP contribution < -0.4 is 5.43 Å². The number of rotatable bonds is 3. The lowest BCUT2D eigenvalue weighted by atomic mass is 9.97. The first-order valence-electron chi connectivity index (χ1n) is 6.90. The Kier molecular flexibility index (Phi) is 4.38. The summed E-state index contributed by atoms with van der Waals surface area (Å²) in [5.41, 5.74) is 3.76. The van der Waals surface area contributed by atoms with Gasteiger partial charge in [-0.25, -0.2) is 5.01 Å². The number of nitrogens with one attached hydrogen (secondary N) is 1. The van der Waals surface area contributed by atoms with Gasteiger partial charge in [-0.1, -0.05) is 44.2 Å². The standard InChI is InChI=1S/C16H22N2O/c1-12(2)15-11-7-8-13(3)18(15)17-16(19)14-9-5-4-6-10-14/h4-7,9-13,15H,8H2,1-3H3,(H,17,19)/t13-,15-/m1/s1. The Morgan fingerprint density at radius 3 is 2.63 bits per heavy atom. The molecule has 102 valence electrons. The summed E-state index contributed by atoms with van der Waals surface area (Å²) in [6.45, 7) is 6.49. The Balaban J connectivity index is 2.12. The van der Waals surface area contributed by atoms with E-state index in [0.717, 1.165) is 6.42 Å². The molecule has 1 heterocycles. The molecule has 2 atom stereocenters. The number of carbonyl (C=O) groups excluding carboxylic acids is 1. The van der Waals surface area contributed by atoms with Gasteiger partial charge in [-0.05, 0) is 31.4 Å². The predicted octanol–water partition coefficient (Wildman–Crippen LogP) is 3.01. The molecule has 0 aromatic heterocycles. The fourth-order valence-corrected chi connectivity index (χ4v) is 2.41. The molecule has 0 aliphatic carbocycles. The molecule has 0 spiro atoms. The van der Waals surface area contributed by atoms with Gasteiger partial charge in [0.25, 0.3) is 5.91 Å². The molecule has 0 bridgehead atoms. The zero-order valence-electron chi connectivity index (χ0n) is 11.8. The largest absolute Gasteiger partial charge is 0.284 e. The summed E-state index contributed by atoms with van der Waals surface area (Å²) in [4.78, 5) is 12.2. The quantitative estimate of drug-likeness (QED) is 0.845. The van der Waals surface area contributed by atoms with Gasteiger partial charge >= 0.3 is 0 Å². The van der Waals surface area contributed by atoms with E-state index < -0.39 is 0 Å². The molecule has 1 aliphatic heterocycles. The van der Waals surface area contributed by atoms with Crippen LogP contribution in [0.5, 0.6) is 0 Å². The summed E-state index contributed by atoms with van der Waals surface area (Å²) >= 11 is 0. The molecule has 3 nitrogen and oxygen atoms in total. The van der Waals surface area contributed by atoms with Crippen LogP contribution in [-0.4, -0.2) is 23.0 Å². The van der Waals surface area contributed by atoms with Crippen LogP contribution in [0.15, 0.2) is 42.5 Å². The van der Waals surface area contributed by atoms with E-state index in [9.17, 15) is 4.79 Å². The van der Waals surface area contributed by atoms with Gasteiger partial charge in [-0.15, -0.1) is 0 Å². The molecule has 0 saturated heterocycles. The number of nitrogens with zero attached hydrogens (tertiary/aromatic N) is 1. The predicted molar refractivity (Wildman–Crippen MR) is 77.6 cm³/mol. The molecule has 0 unspecified atom stereocenters. The van der Waals surface area contributed by atoms with Crippen LogP contribution in [0.3, 0.4) is 0 Å². The minimum absolute atomic E-state index is 0.0339. The van der Waals surface area contributed by atoms with Gasteiger partial charge in [0.05, 0.1) is 0 Å². The van der Waals surface area contributed by atoms with Gasteiger partial charge in [0.2, 0.25) is 0 Å². The van der Waals surface area contributed by atoms with Gasteiger partial charge in [0.1, 0.15) is 0 Å². The van der Waals surface area contributed by atoms with E-state index in [4.69, 9.17) is 0 Å². The highest BCUT2D eigenvalue weighted by Crippen LogP contribution is 2.20. The van der Waals surface area contributed by atoms with Crippen molar-refractivity contribution in [2.24, 2.45) is 5.92 Å². The third-order valence-electron chi connectivity index (χ3n) is 3.56. The first kappa shape index (κ1) is 13.8. The number of carbonyl (C=O) groups is 1. The molecule has 3 heteroatoms. The van der Waals surface area contributed by atoms with Crippen molar-refractivity contribution in [2.75, 3.05) is 0 Å². The average molecular weight is 258 g/mol. The van der Waals surface area contributed by atoms with Crippen LogP contribution in [0.4, 0.5) is 0 Å². The summed E-state index contributed by atoms with van der Waals surface area (Å²) in [5.74, 6) is 0.434. The summed E-state index contributed by atoms with van der Waals surface area (Å²) in [5, 5.41) is 2.08. The van der Waals surface area contributed by atoms with E-state index >= 15 is 0 Å². The zero-order chi connectivity index (χ0) is 13.8. The molecule has 1 amide bonds. The molecular weight excluding hydrogens is 236 g/mol. The summed E-state index contributed by atoms with van der Waals surface area (Å²) in [6.07, 6.45) is 5.37. The van der Waals surface area contributed by atoms with Gasteiger partial charge in [0.15, 0.2) is 0 Å². The molecule has 0 radical (unpaired) electrons. The number of amides is 1. The van der Waals surface area contributed by atoms with E-state index in [-0.39, 0.29) is 11.9 Å². The maximum Gasteiger partial charge on any atom is 0.265 e. The second-order valence-corrected chi connectivity index (χ2v) is 5.46. The van der Waals surface area contributed by atoms with Crippen molar-refractivity contribution in [3.05, 3.63) is 48.0 Å². The van der Waals surface area contributed by atoms with Crippen LogP contribution in [0, 0.1) is 5.92 Å². The number of hydrogen-bond acceptors (Lipinski definition) is 2. The minimum Gasteiger partial charge on any atom is -0.284 e. The molecule has 1 aromatic rings. The minimum atomic E-state index is -0.0339. The topological polar surface area (TPSA) is 32.3 Å². The molecule has 1 aliphatic rings. The molecule has 2 rings (SSSR count). The van der Waals surface area contributed by atoms with Crippen molar-refractivity contribution in [3.8, 4) is 0 Å². The number of hydrogen-bond donors (Lipinski definition) is 1. The van der Waals surface area contributed by atoms with Crippen LogP contribution in [0.25, 0.3) is 0 Å². The van der Waals surface area contributed by atoms with Crippen LogP contribution in [0.2, 0.25) is 0 Å². The smallest absolute Gasteiger partial charge is 0.265 e. The molecule has 0 fully saturated rings. The second-order valence-electron chi connectivity index (χ2n) is 5.46. The van der Waals surface area contributed by atoms with Gasteiger partial charge in [0, 0.05) is 17.6 Å². The highest BCUT2D eigenvalue weighted by Gasteiger charge is 2.28. The Bertz CT molecular complexity index is 453. The highest BCUT2D eigenvalue weighted by atomic mass is 16.2. The van der Waals surface area contributed by atoms with Gasteiger partial charge < -0.3 is 0 Å². The second kappa shape index (κ2) is 6.02. The first-order valence-corrected chi connectivity index (χ1v) is 6.90. The maximum atomic E-state index is 12.2. The fraction of sp³-hybridized carbons (Fsp3) is 0.438. The number of hydrazine groups is 1. The monoisotopic (exact) mass is 258 g/mol. The van der Waals surface area contributed by atoms with Crippen molar-refractivity contribution in [3.63, 3.8) is 0 Å². The molecule has 19 heavy (non-hydrogen) atoms. The molecule has 1 aromatic carbocycles. The van der Waals surface area contributed by atoms with Crippen LogP contribution >= 0.6 is 0 Å². The van der Waals surface area contributed by atoms with Crippen molar-refractivity contribution in [1.82, 2.24) is 10.4 Å². The lowest BCUT2D eigenvalue weighted by molar-refractivity contribution is 0.0494. The van der Waals surface area contributed by atoms with E-state index in [2.05, 4.69) is 43.4 Å². The Labute approximate surface area is 115 Å². The Hall–Kier alpha value is -1.61. The van der Waals surface area contributed by atoms with E-state index in [0.29, 0.717) is 17.5 Å². The van der Waals surface area contributed by atoms with Crippen molar-refractivity contribution in [1.29, 1.82) is 0 Å². The Morgan fingerprint density at radius 2 is 2.00 bits per heavy atom. The fourth-order valence-electron chi connectivity index (χ4n) is 2.41. The lowest BCUT2D eigenvalue weighted by Gasteiger charge is -2.39. The maximum absolute atomic E-state index is 12.2. The molecule has 1 N–H and O–H groups in total. The van der Waals surface area contributed by atoms with Crippen molar-refractivity contribution < 1.29 is 4.79 Å². The van der Waals surface area contributed by atoms with Crippen LogP contribution in [-0.2, 0) is 0 Å². The summed E-state index contributed by atoms with van der Waals surface area (Å²) < 4.78 is 0. The zero-order valence-corrected chi connectivity index (χ0v) is 11.8. The molecule has 0 saturated carbocycles.